The van der Waals surface area contributed by atoms with Gasteiger partial charge in [-0.05, 0) is 25.3 Å². The van der Waals surface area contributed by atoms with Gasteiger partial charge < -0.3 is 10.8 Å². The van der Waals surface area contributed by atoms with Crippen LogP contribution in [0.2, 0.25) is 0 Å². The summed E-state index contributed by atoms with van der Waals surface area (Å²) in [7, 11) is -4.23. The number of nitrogen functional groups attached to an aromatic ring is 1. The first kappa shape index (κ1) is 17.8. The number of anilines is 1. The van der Waals surface area contributed by atoms with Crippen molar-refractivity contribution >= 4 is 15.7 Å². The molecule has 21 heavy (non-hydrogen) atoms. The molecule has 5 nitrogen and oxygen atoms in total. The summed E-state index contributed by atoms with van der Waals surface area (Å²) in [6, 6.07) is 1.13. The number of hydrogen-bond acceptors (Lipinski definition) is 4. The molecule has 0 aromatic heterocycles. The predicted molar refractivity (Wildman–Crippen MR) is 76.0 cm³/mol. The van der Waals surface area contributed by atoms with Crippen molar-refractivity contribution in [1.82, 2.24) is 4.72 Å². The minimum absolute atomic E-state index is 0.155. The number of hydrogen-bond donors (Lipinski definition) is 3. The number of nitrogens with one attached hydrogen (secondary N) is 1. The second kappa shape index (κ2) is 6.25. The van der Waals surface area contributed by atoms with Crippen LogP contribution in [0.15, 0.2) is 17.0 Å². The lowest BCUT2D eigenvalue weighted by Crippen LogP contribution is -2.41. The minimum Gasteiger partial charge on any atom is -0.396 e. The number of rotatable bonds is 6. The number of nitrogens with two attached hydrogens (primary N) is 1. The fourth-order valence-corrected chi connectivity index (χ4v) is 3.28. The molecule has 0 amide bonds. The third kappa shape index (κ3) is 4.90. The Morgan fingerprint density at radius 1 is 1.33 bits per heavy atom. The molecule has 1 aromatic carbocycles. The van der Waals surface area contributed by atoms with Crippen LogP contribution in [0.4, 0.5) is 14.5 Å². The molecule has 0 aliphatic rings. The van der Waals surface area contributed by atoms with Gasteiger partial charge in [0.25, 0.3) is 0 Å². The van der Waals surface area contributed by atoms with Crippen molar-refractivity contribution in [3.05, 3.63) is 23.8 Å². The Morgan fingerprint density at radius 2 is 1.90 bits per heavy atom. The summed E-state index contributed by atoms with van der Waals surface area (Å²) in [5, 5.41) is 10.1. The number of sulfonamides is 1. The zero-order chi connectivity index (χ0) is 16.4. The fourth-order valence-electron chi connectivity index (χ4n) is 2.03. The standard InChI is InChI=1S/C13H20F2N2O3S/c1-8(2)6-13(3,18)7-17-21(19,20)12-5-11(16)9(14)4-10(12)15/h4-5,8,17-18H,6-7,16H2,1-3H3. The molecule has 1 rings (SSSR count). The third-order valence-corrected chi connectivity index (χ3v) is 4.25. The van der Waals surface area contributed by atoms with E-state index in [4.69, 9.17) is 5.73 Å². The van der Waals surface area contributed by atoms with Gasteiger partial charge in [0.2, 0.25) is 10.0 Å². The lowest BCUT2D eigenvalue weighted by molar-refractivity contribution is 0.0436. The first-order valence-electron chi connectivity index (χ1n) is 6.41. The SMILES string of the molecule is CC(C)CC(C)(O)CNS(=O)(=O)c1cc(N)c(F)cc1F. The molecule has 1 atom stereocenters. The van der Waals surface area contributed by atoms with Gasteiger partial charge in [0.15, 0.2) is 0 Å². The molecule has 0 fully saturated rings. The van der Waals surface area contributed by atoms with Gasteiger partial charge in [0.1, 0.15) is 16.5 Å². The molecule has 0 aliphatic carbocycles. The highest BCUT2D eigenvalue weighted by molar-refractivity contribution is 7.89. The van der Waals surface area contributed by atoms with Crippen LogP contribution in [-0.2, 0) is 10.0 Å². The molecule has 0 saturated heterocycles. The predicted octanol–water partition coefficient (Wildman–Crippen LogP) is 1.62. The van der Waals surface area contributed by atoms with Crippen LogP contribution in [0.25, 0.3) is 0 Å². The number of halogens is 2. The van der Waals surface area contributed by atoms with E-state index >= 15 is 0 Å². The summed E-state index contributed by atoms with van der Waals surface area (Å²) >= 11 is 0. The highest BCUT2D eigenvalue weighted by Crippen LogP contribution is 2.22. The topological polar surface area (TPSA) is 92.4 Å². The third-order valence-electron chi connectivity index (χ3n) is 2.83. The average molecular weight is 322 g/mol. The molecule has 0 aliphatic heterocycles. The van der Waals surface area contributed by atoms with Crippen molar-refractivity contribution in [2.75, 3.05) is 12.3 Å². The fraction of sp³-hybridized carbons (Fsp3) is 0.538. The maximum absolute atomic E-state index is 13.6. The van der Waals surface area contributed by atoms with Crippen LogP contribution in [0.1, 0.15) is 27.2 Å². The summed E-state index contributed by atoms with van der Waals surface area (Å²) in [5.74, 6) is -2.11. The first-order valence-corrected chi connectivity index (χ1v) is 7.89. The van der Waals surface area contributed by atoms with E-state index in [1.54, 1.807) is 0 Å². The lowest BCUT2D eigenvalue weighted by Gasteiger charge is -2.25. The van der Waals surface area contributed by atoms with E-state index in [-0.39, 0.29) is 12.5 Å². The van der Waals surface area contributed by atoms with E-state index in [2.05, 4.69) is 4.72 Å². The Bertz CT molecular complexity index is 616. The monoisotopic (exact) mass is 322 g/mol. The molecule has 0 heterocycles. The van der Waals surface area contributed by atoms with Crippen molar-refractivity contribution in [3.8, 4) is 0 Å². The van der Waals surface area contributed by atoms with Crippen molar-refractivity contribution in [2.45, 2.75) is 37.7 Å². The summed E-state index contributed by atoms with van der Waals surface area (Å²) in [6.07, 6.45) is 0.365. The summed E-state index contributed by atoms with van der Waals surface area (Å²) in [5.41, 5.74) is 3.51. The maximum Gasteiger partial charge on any atom is 0.243 e. The van der Waals surface area contributed by atoms with Gasteiger partial charge in [0, 0.05) is 12.6 Å². The maximum atomic E-state index is 13.6. The smallest absolute Gasteiger partial charge is 0.243 e. The van der Waals surface area contributed by atoms with E-state index < -0.39 is 37.8 Å². The first-order chi connectivity index (χ1) is 9.44. The highest BCUT2D eigenvalue weighted by atomic mass is 32.2. The van der Waals surface area contributed by atoms with Crippen molar-refractivity contribution in [2.24, 2.45) is 5.92 Å². The Balaban J connectivity index is 2.95. The zero-order valence-corrected chi connectivity index (χ0v) is 13.0. The molecule has 0 spiro atoms. The Hall–Kier alpha value is -1.25. The van der Waals surface area contributed by atoms with E-state index in [0.717, 1.165) is 0 Å². The van der Waals surface area contributed by atoms with Gasteiger partial charge in [-0.3, -0.25) is 0 Å². The normalized spacial score (nSPS) is 15.2. The van der Waals surface area contributed by atoms with E-state index in [0.29, 0.717) is 18.6 Å². The van der Waals surface area contributed by atoms with Gasteiger partial charge in [-0.1, -0.05) is 13.8 Å². The molecule has 4 N–H and O–H groups in total. The summed E-state index contributed by atoms with van der Waals surface area (Å²) in [6.45, 7) is 4.95. The van der Waals surface area contributed by atoms with E-state index in [9.17, 15) is 22.3 Å². The van der Waals surface area contributed by atoms with Gasteiger partial charge in [-0.15, -0.1) is 0 Å². The molecule has 0 saturated carbocycles. The second-order valence-corrected chi connectivity index (χ2v) is 7.46. The minimum atomic E-state index is -4.23. The van der Waals surface area contributed by atoms with Crippen LogP contribution in [0.5, 0.6) is 0 Å². The van der Waals surface area contributed by atoms with Gasteiger partial charge in [-0.25, -0.2) is 21.9 Å². The molecule has 1 unspecified atom stereocenters. The van der Waals surface area contributed by atoms with Crippen molar-refractivity contribution in [3.63, 3.8) is 0 Å². The Morgan fingerprint density at radius 3 is 2.43 bits per heavy atom. The highest BCUT2D eigenvalue weighted by Gasteiger charge is 2.27. The van der Waals surface area contributed by atoms with Crippen LogP contribution >= 0.6 is 0 Å². The van der Waals surface area contributed by atoms with E-state index in [1.165, 1.54) is 6.92 Å². The Labute approximate surface area is 123 Å². The van der Waals surface area contributed by atoms with Crippen LogP contribution < -0.4 is 10.5 Å². The van der Waals surface area contributed by atoms with Gasteiger partial charge >= 0.3 is 0 Å². The second-order valence-electron chi connectivity index (χ2n) is 5.72. The number of benzene rings is 1. The molecule has 1 aromatic rings. The Kier molecular flexibility index (Phi) is 5.30. The zero-order valence-electron chi connectivity index (χ0n) is 12.2. The van der Waals surface area contributed by atoms with Crippen LogP contribution in [-0.4, -0.2) is 25.7 Å². The lowest BCUT2D eigenvalue weighted by atomic mass is 9.95. The average Bonchev–Trinajstić information content (AvgIpc) is 2.30. The van der Waals surface area contributed by atoms with Crippen LogP contribution in [0, 0.1) is 17.6 Å². The van der Waals surface area contributed by atoms with Gasteiger partial charge in [0.05, 0.1) is 11.3 Å². The summed E-state index contributed by atoms with van der Waals surface area (Å²) < 4.78 is 52.8. The quantitative estimate of drug-likeness (QED) is 0.694. The molecule has 8 heteroatoms. The summed E-state index contributed by atoms with van der Waals surface area (Å²) in [4.78, 5) is -0.748. The van der Waals surface area contributed by atoms with Gasteiger partial charge in [-0.2, -0.15) is 0 Å². The molecular weight excluding hydrogens is 302 g/mol. The molecular formula is C13H20F2N2O3S. The van der Waals surface area contributed by atoms with Crippen LogP contribution in [0.3, 0.4) is 0 Å². The van der Waals surface area contributed by atoms with Crippen molar-refractivity contribution < 1.29 is 22.3 Å². The van der Waals surface area contributed by atoms with Crippen molar-refractivity contribution in [1.29, 1.82) is 0 Å². The molecule has 0 bridgehead atoms. The van der Waals surface area contributed by atoms with E-state index in [1.807, 2.05) is 13.8 Å². The molecule has 0 radical (unpaired) electrons. The molecule has 120 valence electrons. The largest absolute Gasteiger partial charge is 0.396 e. The number of aliphatic hydroxyl groups is 1.